The molecule has 0 bridgehead atoms. The largest absolute Gasteiger partial charge is 0.308 e. The van der Waals surface area contributed by atoms with Crippen LogP contribution in [0.15, 0.2) is 45.9 Å². The zero-order valence-electron chi connectivity index (χ0n) is 11.1. The molecule has 3 rings (SSSR count). The molecule has 0 aliphatic heterocycles. The van der Waals surface area contributed by atoms with Gasteiger partial charge in [0.15, 0.2) is 0 Å². The zero-order chi connectivity index (χ0) is 13.8. The van der Waals surface area contributed by atoms with E-state index in [-0.39, 0.29) is 0 Å². The fraction of sp³-hybridized carbons (Fsp3) is 0.333. The minimum Gasteiger partial charge on any atom is -0.308 e. The molecule has 1 heterocycles. The fourth-order valence-electron chi connectivity index (χ4n) is 1.85. The summed E-state index contributed by atoms with van der Waals surface area (Å²) in [6, 6.07) is 11.0. The van der Waals surface area contributed by atoms with Gasteiger partial charge in [-0.3, -0.25) is 0 Å². The predicted molar refractivity (Wildman–Crippen MR) is 85.6 cm³/mol. The van der Waals surface area contributed by atoms with Gasteiger partial charge in [0.2, 0.25) is 0 Å². The summed E-state index contributed by atoms with van der Waals surface area (Å²) in [7, 11) is 0. The maximum atomic E-state index is 4.60. The third-order valence-corrected chi connectivity index (χ3v) is 4.56. The van der Waals surface area contributed by atoms with Crippen molar-refractivity contribution in [2.75, 3.05) is 0 Å². The third kappa shape index (κ3) is 4.30. The SMILES string of the molecule is Brc1cccc(SCc2nccc(CNC3CC3)n2)c1. The highest BCUT2D eigenvalue weighted by Crippen LogP contribution is 2.24. The Morgan fingerprint density at radius 1 is 1.30 bits per heavy atom. The van der Waals surface area contributed by atoms with Crippen LogP contribution in [0.3, 0.4) is 0 Å². The molecule has 1 aromatic carbocycles. The lowest BCUT2D eigenvalue weighted by Crippen LogP contribution is -2.16. The van der Waals surface area contributed by atoms with Crippen molar-refractivity contribution >= 4 is 27.7 Å². The second kappa shape index (κ2) is 6.70. The minimum absolute atomic E-state index is 0.712. The van der Waals surface area contributed by atoms with Gasteiger partial charge in [0, 0.05) is 28.2 Å². The Labute approximate surface area is 131 Å². The normalized spacial score (nSPS) is 14.4. The summed E-state index contributed by atoms with van der Waals surface area (Å²) in [5.41, 5.74) is 1.08. The molecule has 3 nitrogen and oxygen atoms in total. The second-order valence-corrected chi connectivity index (χ2v) is 6.83. The van der Waals surface area contributed by atoms with E-state index in [4.69, 9.17) is 0 Å². The molecule has 104 valence electrons. The Hall–Kier alpha value is -0.910. The molecule has 1 aliphatic carbocycles. The fourth-order valence-corrected chi connectivity index (χ4v) is 3.22. The first kappa shape index (κ1) is 14.0. The van der Waals surface area contributed by atoms with Crippen molar-refractivity contribution in [1.82, 2.24) is 15.3 Å². The summed E-state index contributed by atoms with van der Waals surface area (Å²) in [4.78, 5) is 10.2. The van der Waals surface area contributed by atoms with E-state index in [2.05, 4.69) is 43.3 Å². The molecule has 1 aliphatic rings. The topological polar surface area (TPSA) is 37.8 Å². The van der Waals surface area contributed by atoms with Crippen LogP contribution in [-0.4, -0.2) is 16.0 Å². The lowest BCUT2D eigenvalue weighted by Gasteiger charge is -2.05. The van der Waals surface area contributed by atoms with Crippen LogP contribution in [0.1, 0.15) is 24.4 Å². The highest BCUT2D eigenvalue weighted by Gasteiger charge is 2.20. The molecule has 0 radical (unpaired) electrons. The van der Waals surface area contributed by atoms with Gasteiger partial charge in [0.25, 0.3) is 0 Å². The highest BCUT2D eigenvalue weighted by molar-refractivity contribution is 9.10. The van der Waals surface area contributed by atoms with E-state index < -0.39 is 0 Å². The second-order valence-electron chi connectivity index (χ2n) is 4.87. The summed E-state index contributed by atoms with van der Waals surface area (Å²) < 4.78 is 1.10. The van der Waals surface area contributed by atoms with E-state index in [1.54, 1.807) is 11.8 Å². The maximum Gasteiger partial charge on any atom is 0.138 e. The number of aromatic nitrogens is 2. The summed E-state index contributed by atoms with van der Waals surface area (Å²) in [6.45, 7) is 0.849. The van der Waals surface area contributed by atoms with Crippen molar-refractivity contribution in [3.8, 4) is 0 Å². The predicted octanol–water partition coefficient (Wildman–Crippen LogP) is 3.78. The van der Waals surface area contributed by atoms with E-state index in [0.717, 1.165) is 28.3 Å². The average Bonchev–Trinajstić information content (AvgIpc) is 3.28. The van der Waals surface area contributed by atoms with Gasteiger partial charge in [-0.15, -0.1) is 11.8 Å². The van der Waals surface area contributed by atoms with Gasteiger partial charge in [-0.2, -0.15) is 0 Å². The Kier molecular flexibility index (Phi) is 4.70. The van der Waals surface area contributed by atoms with Gasteiger partial charge >= 0.3 is 0 Å². The zero-order valence-corrected chi connectivity index (χ0v) is 13.5. The van der Waals surface area contributed by atoms with Gasteiger partial charge in [-0.25, -0.2) is 9.97 Å². The minimum atomic E-state index is 0.712. The van der Waals surface area contributed by atoms with Crippen molar-refractivity contribution in [3.05, 3.63) is 52.5 Å². The van der Waals surface area contributed by atoms with Crippen LogP contribution >= 0.6 is 27.7 Å². The molecule has 1 aromatic heterocycles. The molecular weight excluding hydrogens is 334 g/mol. The summed E-state index contributed by atoms with van der Waals surface area (Å²) in [5, 5.41) is 3.48. The van der Waals surface area contributed by atoms with Crippen LogP contribution in [0, 0.1) is 0 Å². The number of hydrogen-bond donors (Lipinski definition) is 1. The molecule has 0 saturated heterocycles. The van der Waals surface area contributed by atoms with Crippen molar-refractivity contribution in [3.63, 3.8) is 0 Å². The van der Waals surface area contributed by atoms with Gasteiger partial charge < -0.3 is 5.32 Å². The first-order chi connectivity index (χ1) is 9.79. The van der Waals surface area contributed by atoms with Crippen molar-refractivity contribution < 1.29 is 0 Å². The average molecular weight is 350 g/mol. The van der Waals surface area contributed by atoms with Crippen LogP contribution in [0.25, 0.3) is 0 Å². The van der Waals surface area contributed by atoms with E-state index in [0.29, 0.717) is 6.04 Å². The number of hydrogen-bond acceptors (Lipinski definition) is 4. The van der Waals surface area contributed by atoms with Crippen LogP contribution in [-0.2, 0) is 12.3 Å². The summed E-state index contributed by atoms with van der Waals surface area (Å²) >= 11 is 5.24. The van der Waals surface area contributed by atoms with Crippen molar-refractivity contribution in [2.45, 2.75) is 36.1 Å². The first-order valence-electron chi connectivity index (χ1n) is 6.72. The van der Waals surface area contributed by atoms with E-state index in [1.807, 2.05) is 24.4 Å². The first-order valence-corrected chi connectivity index (χ1v) is 8.50. The number of halogens is 1. The van der Waals surface area contributed by atoms with E-state index >= 15 is 0 Å². The number of nitrogens with zero attached hydrogens (tertiary/aromatic N) is 2. The summed E-state index contributed by atoms with van der Waals surface area (Å²) in [5.74, 6) is 1.69. The Balaban J connectivity index is 1.57. The standard InChI is InChI=1S/C15H16BrN3S/c16-11-2-1-3-14(8-11)20-10-15-17-7-6-13(19-15)9-18-12-4-5-12/h1-3,6-8,12,18H,4-5,9-10H2. The van der Waals surface area contributed by atoms with Crippen LogP contribution < -0.4 is 5.32 Å². The molecule has 20 heavy (non-hydrogen) atoms. The monoisotopic (exact) mass is 349 g/mol. The maximum absolute atomic E-state index is 4.60. The van der Waals surface area contributed by atoms with Crippen molar-refractivity contribution in [1.29, 1.82) is 0 Å². The van der Waals surface area contributed by atoms with Crippen LogP contribution in [0.4, 0.5) is 0 Å². The number of nitrogens with one attached hydrogen (secondary N) is 1. The van der Waals surface area contributed by atoms with E-state index in [9.17, 15) is 0 Å². The number of benzene rings is 1. The molecule has 0 amide bonds. The van der Waals surface area contributed by atoms with Gasteiger partial charge in [-0.1, -0.05) is 22.0 Å². The van der Waals surface area contributed by atoms with Crippen LogP contribution in [0.2, 0.25) is 0 Å². The molecule has 1 fully saturated rings. The number of thioether (sulfide) groups is 1. The molecule has 5 heteroatoms. The molecule has 0 spiro atoms. The molecule has 1 N–H and O–H groups in total. The van der Waals surface area contributed by atoms with Crippen LogP contribution in [0.5, 0.6) is 0 Å². The molecule has 0 atom stereocenters. The quantitative estimate of drug-likeness (QED) is 0.805. The lowest BCUT2D eigenvalue weighted by molar-refractivity contribution is 0.670. The Morgan fingerprint density at radius 2 is 2.20 bits per heavy atom. The molecule has 0 unspecified atom stereocenters. The van der Waals surface area contributed by atoms with E-state index in [1.165, 1.54) is 17.7 Å². The smallest absolute Gasteiger partial charge is 0.138 e. The van der Waals surface area contributed by atoms with Gasteiger partial charge in [-0.05, 0) is 37.1 Å². The third-order valence-electron chi connectivity index (χ3n) is 3.08. The molecule has 2 aromatic rings. The van der Waals surface area contributed by atoms with Gasteiger partial charge in [0.05, 0.1) is 11.4 Å². The summed E-state index contributed by atoms with van der Waals surface area (Å²) in [6.07, 6.45) is 4.46. The lowest BCUT2D eigenvalue weighted by atomic mass is 10.4. The van der Waals surface area contributed by atoms with Crippen molar-refractivity contribution in [2.24, 2.45) is 0 Å². The number of rotatable bonds is 6. The Bertz CT molecular complexity index is 587. The molecular formula is C15H16BrN3S. The Morgan fingerprint density at radius 3 is 3.00 bits per heavy atom. The highest BCUT2D eigenvalue weighted by atomic mass is 79.9. The molecule has 1 saturated carbocycles. The van der Waals surface area contributed by atoms with Gasteiger partial charge in [0.1, 0.15) is 5.82 Å².